The Bertz CT molecular complexity index is 491. The van der Waals surface area contributed by atoms with E-state index in [2.05, 4.69) is 0 Å². The van der Waals surface area contributed by atoms with Crippen LogP contribution in [0.4, 0.5) is 0 Å². The summed E-state index contributed by atoms with van der Waals surface area (Å²) in [5.74, 6) is -9.85. The number of carboxylic acid groups (broad SMARTS) is 6. The van der Waals surface area contributed by atoms with Gasteiger partial charge in [0.15, 0.2) is 5.60 Å². The van der Waals surface area contributed by atoms with E-state index >= 15 is 0 Å². The van der Waals surface area contributed by atoms with E-state index in [1.807, 2.05) is 0 Å². The molecule has 144 valence electrons. The highest BCUT2D eigenvalue weighted by atomic mass is 16.4. The molecular weight excluding hydrogens is 356 g/mol. The summed E-state index contributed by atoms with van der Waals surface area (Å²) in [7, 11) is 0. The number of hydrogen-bond donors (Lipinski definition) is 8. The highest BCUT2D eigenvalue weighted by Crippen LogP contribution is 2.15. The fourth-order valence-corrected chi connectivity index (χ4v) is 0.714. The van der Waals surface area contributed by atoms with Crippen LogP contribution in [0.5, 0.6) is 0 Å². The van der Waals surface area contributed by atoms with Crippen LogP contribution in [0, 0.1) is 0 Å². The number of aliphatic carboxylic acids is 6. The van der Waals surface area contributed by atoms with Crippen LogP contribution in [0.15, 0.2) is 0 Å². The van der Waals surface area contributed by atoms with Crippen molar-refractivity contribution < 1.29 is 69.6 Å². The molecule has 0 bridgehead atoms. The molecule has 0 saturated carbocycles. The summed E-state index contributed by atoms with van der Waals surface area (Å²) in [4.78, 5) is 58.1. The Morgan fingerprint density at radius 3 is 1.08 bits per heavy atom. The SMILES string of the molecule is CC(O)C(=O)O.O=C(O)C(=O)O.O=C(O)CC(O)(CC(=O)O)C(=O)O. The van der Waals surface area contributed by atoms with Gasteiger partial charge >= 0.3 is 35.8 Å². The molecule has 0 aromatic heterocycles. The highest BCUT2D eigenvalue weighted by molar-refractivity contribution is 6.27. The summed E-state index contributed by atoms with van der Waals surface area (Å²) in [5, 5.41) is 64.4. The minimum Gasteiger partial charge on any atom is -0.481 e. The zero-order valence-corrected chi connectivity index (χ0v) is 12.5. The van der Waals surface area contributed by atoms with Crippen LogP contribution in [0.3, 0.4) is 0 Å². The quantitative estimate of drug-likeness (QED) is 0.221. The van der Waals surface area contributed by atoms with Crippen LogP contribution in [0.2, 0.25) is 0 Å². The lowest BCUT2D eigenvalue weighted by Crippen LogP contribution is -2.42. The topological polar surface area (TPSA) is 264 Å². The molecule has 25 heavy (non-hydrogen) atoms. The number of aliphatic hydroxyl groups is 2. The number of carboxylic acids is 6. The van der Waals surface area contributed by atoms with Gasteiger partial charge in [0.2, 0.25) is 0 Å². The molecule has 0 aromatic rings. The van der Waals surface area contributed by atoms with Crippen molar-refractivity contribution in [1.82, 2.24) is 0 Å². The molecular formula is C11H16O14. The summed E-state index contributed by atoms with van der Waals surface area (Å²) in [5.41, 5.74) is -2.74. The molecule has 0 saturated heterocycles. The van der Waals surface area contributed by atoms with Crippen LogP contribution in [-0.4, -0.2) is 88.4 Å². The van der Waals surface area contributed by atoms with Crippen LogP contribution in [0.25, 0.3) is 0 Å². The summed E-state index contributed by atoms with van der Waals surface area (Å²) in [6.45, 7) is 1.20. The lowest BCUT2D eigenvalue weighted by atomic mass is 9.96. The molecule has 0 amide bonds. The summed E-state index contributed by atoms with van der Waals surface area (Å²) >= 11 is 0. The fourth-order valence-electron chi connectivity index (χ4n) is 0.714. The largest absolute Gasteiger partial charge is 0.481 e. The van der Waals surface area contributed by atoms with E-state index in [9.17, 15) is 19.2 Å². The predicted molar refractivity (Wildman–Crippen MR) is 71.7 cm³/mol. The third kappa shape index (κ3) is 16.9. The zero-order valence-electron chi connectivity index (χ0n) is 12.5. The zero-order chi connectivity index (χ0) is 21.0. The molecule has 0 aliphatic rings. The van der Waals surface area contributed by atoms with E-state index < -0.39 is 60.4 Å². The van der Waals surface area contributed by atoms with Crippen LogP contribution in [-0.2, 0) is 28.8 Å². The highest BCUT2D eigenvalue weighted by Gasteiger charge is 2.40. The van der Waals surface area contributed by atoms with Gasteiger partial charge in [-0.25, -0.2) is 19.2 Å². The first kappa shape index (κ1) is 26.6. The monoisotopic (exact) mass is 372 g/mol. The molecule has 0 spiro atoms. The average Bonchev–Trinajstić information content (AvgIpc) is 2.37. The standard InChI is InChI=1S/C6H8O7.C3H6O3.C2H2O4/c7-3(8)1-6(13,5(11)12)2-4(9)10;1-2(4)3(5)6;3-1(4)2(5)6/h13H,1-2H2,(H,7,8)(H,9,10)(H,11,12);2,4H,1H3,(H,5,6);(H,3,4)(H,5,6). The first-order valence-electron chi connectivity index (χ1n) is 5.83. The Morgan fingerprint density at radius 1 is 0.760 bits per heavy atom. The van der Waals surface area contributed by atoms with Crippen molar-refractivity contribution in [2.45, 2.75) is 31.5 Å². The molecule has 0 rings (SSSR count). The van der Waals surface area contributed by atoms with Crippen molar-refractivity contribution in [3.05, 3.63) is 0 Å². The average molecular weight is 372 g/mol. The van der Waals surface area contributed by atoms with E-state index in [4.69, 9.17) is 50.4 Å². The Balaban J connectivity index is -0.000000336. The van der Waals surface area contributed by atoms with Crippen molar-refractivity contribution in [2.24, 2.45) is 0 Å². The van der Waals surface area contributed by atoms with Crippen molar-refractivity contribution in [2.75, 3.05) is 0 Å². The minimum absolute atomic E-state index is 1.14. The van der Waals surface area contributed by atoms with Gasteiger partial charge in [-0.3, -0.25) is 9.59 Å². The molecule has 1 atom stereocenters. The molecule has 14 nitrogen and oxygen atoms in total. The normalized spacial score (nSPS) is 10.7. The second-order valence-electron chi connectivity index (χ2n) is 4.10. The van der Waals surface area contributed by atoms with Gasteiger partial charge < -0.3 is 40.9 Å². The van der Waals surface area contributed by atoms with Gasteiger partial charge in [0.1, 0.15) is 6.10 Å². The van der Waals surface area contributed by atoms with E-state index in [-0.39, 0.29) is 0 Å². The molecule has 0 heterocycles. The molecule has 14 heteroatoms. The molecule has 0 aliphatic carbocycles. The van der Waals surface area contributed by atoms with Gasteiger partial charge in [-0.1, -0.05) is 0 Å². The van der Waals surface area contributed by atoms with Gasteiger partial charge in [-0.05, 0) is 6.92 Å². The van der Waals surface area contributed by atoms with Crippen molar-refractivity contribution in [3.8, 4) is 0 Å². The van der Waals surface area contributed by atoms with Crippen molar-refractivity contribution in [3.63, 3.8) is 0 Å². The van der Waals surface area contributed by atoms with E-state index in [1.165, 1.54) is 6.92 Å². The minimum atomic E-state index is -2.74. The first-order chi connectivity index (χ1) is 11.1. The Labute approximate surface area is 138 Å². The maximum absolute atomic E-state index is 10.3. The van der Waals surface area contributed by atoms with E-state index in [1.54, 1.807) is 0 Å². The number of hydrogen-bond acceptors (Lipinski definition) is 8. The fraction of sp³-hybridized carbons (Fsp3) is 0.455. The molecule has 0 aliphatic heterocycles. The van der Waals surface area contributed by atoms with Crippen LogP contribution in [0.1, 0.15) is 19.8 Å². The summed E-state index contributed by atoms with van der Waals surface area (Å²) < 4.78 is 0. The Morgan fingerprint density at radius 2 is 1.00 bits per heavy atom. The third-order valence-electron chi connectivity index (χ3n) is 1.83. The number of aliphatic hydroxyl groups excluding tert-OH is 1. The van der Waals surface area contributed by atoms with Crippen molar-refractivity contribution >= 4 is 35.8 Å². The smallest absolute Gasteiger partial charge is 0.414 e. The molecule has 0 radical (unpaired) electrons. The van der Waals surface area contributed by atoms with Gasteiger partial charge in [-0.2, -0.15) is 0 Å². The van der Waals surface area contributed by atoms with Gasteiger partial charge in [0.05, 0.1) is 12.8 Å². The lowest BCUT2D eigenvalue weighted by Gasteiger charge is -2.18. The Kier molecular flexibility index (Phi) is 13.0. The first-order valence-corrected chi connectivity index (χ1v) is 5.83. The van der Waals surface area contributed by atoms with Crippen molar-refractivity contribution in [1.29, 1.82) is 0 Å². The van der Waals surface area contributed by atoms with Gasteiger partial charge in [0.25, 0.3) is 0 Å². The second kappa shape index (κ2) is 12.2. The maximum atomic E-state index is 10.3. The molecule has 0 aromatic carbocycles. The Hall–Kier alpha value is -3.26. The van der Waals surface area contributed by atoms with Gasteiger partial charge in [-0.15, -0.1) is 0 Å². The van der Waals surface area contributed by atoms with E-state index in [0.29, 0.717) is 0 Å². The van der Waals surface area contributed by atoms with Gasteiger partial charge in [0, 0.05) is 0 Å². The molecule has 8 N–H and O–H groups in total. The third-order valence-corrected chi connectivity index (χ3v) is 1.83. The van der Waals surface area contributed by atoms with Crippen LogP contribution < -0.4 is 0 Å². The van der Waals surface area contributed by atoms with Crippen LogP contribution >= 0.6 is 0 Å². The summed E-state index contributed by atoms with van der Waals surface area (Å²) in [6, 6.07) is 0. The van der Waals surface area contributed by atoms with E-state index in [0.717, 1.165) is 0 Å². The molecule has 0 fully saturated rings. The maximum Gasteiger partial charge on any atom is 0.414 e. The number of rotatable bonds is 6. The second-order valence-corrected chi connectivity index (χ2v) is 4.10. The summed E-state index contributed by atoms with van der Waals surface area (Å²) in [6.07, 6.45) is -3.52. The number of carbonyl (C=O) groups is 6. The molecule has 1 unspecified atom stereocenters. The predicted octanol–water partition coefficient (Wildman–Crippen LogP) is -2.64. The lowest BCUT2D eigenvalue weighted by molar-refractivity contribution is -0.170.